The molecule has 1 saturated carbocycles. The lowest BCUT2D eigenvalue weighted by Crippen LogP contribution is -2.61. The highest BCUT2D eigenvalue weighted by Crippen LogP contribution is 2.55. The number of halogens is 1. The maximum absolute atomic E-state index is 13.8. The van der Waals surface area contributed by atoms with Crippen LogP contribution in [0, 0.1) is 23.1 Å². The molecule has 3 aromatic rings. The molecule has 2 aromatic heterocycles. The van der Waals surface area contributed by atoms with E-state index >= 15 is 0 Å². The number of benzene rings is 1. The summed E-state index contributed by atoms with van der Waals surface area (Å²) in [5.74, 6) is -4.58. The first-order valence-electron chi connectivity index (χ1n) is 12.4. The number of imidazole rings is 1. The Hall–Kier alpha value is -3.90. The number of carbonyl (C=O) groups excluding carboxylic acids is 1. The second-order valence-corrected chi connectivity index (χ2v) is 10.0. The van der Waals surface area contributed by atoms with Crippen molar-refractivity contribution in [1.29, 1.82) is 0 Å². The van der Waals surface area contributed by atoms with E-state index in [1.165, 1.54) is 18.3 Å². The topological polar surface area (TPSA) is 179 Å². The van der Waals surface area contributed by atoms with E-state index in [4.69, 9.17) is 25.9 Å². The Morgan fingerprint density at radius 3 is 2.50 bits per heavy atom. The number of carboxylic acids is 1. The number of nitrogen functional groups attached to an aromatic ring is 1. The van der Waals surface area contributed by atoms with Crippen LogP contribution in [-0.2, 0) is 24.8 Å². The molecule has 1 aliphatic heterocycles. The van der Waals surface area contributed by atoms with Gasteiger partial charge in [0.05, 0.1) is 36.2 Å². The molecule has 0 radical (unpaired) electrons. The van der Waals surface area contributed by atoms with Gasteiger partial charge in [0.1, 0.15) is 11.2 Å². The lowest BCUT2D eigenvalue weighted by atomic mass is 9.63. The molecule has 1 amide bonds. The smallest absolute Gasteiger partial charge is 0.306 e. The number of nitrogens with one attached hydrogen (secondary N) is 1. The number of primary amides is 1. The Kier molecular flexibility index (Phi) is 6.61. The monoisotopic (exact) mass is 524 g/mol. The number of ether oxygens (including phenoxy) is 2. The number of rotatable bonds is 6. The normalized spacial score (nSPS) is 27.6. The minimum atomic E-state index is -1.79. The Morgan fingerprint density at radius 1 is 1.16 bits per heavy atom. The number of carbonyl (C=O) groups is 2. The molecule has 0 spiro atoms. The third-order valence-electron chi connectivity index (χ3n) is 7.41. The fourth-order valence-electron chi connectivity index (χ4n) is 5.46. The SMILES string of the molecule is CC1COC(c2nc(-c3ccc(F)cc3)c(-c3ccnc(N)n3)[nH]2)(C2(C(N)=O)CCCC(C(=O)O)C2)OC1. The molecule has 200 valence electrons. The largest absolute Gasteiger partial charge is 0.481 e. The molecule has 5 rings (SSSR count). The van der Waals surface area contributed by atoms with Gasteiger partial charge in [-0.2, -0.15) is 0 Å². The van der Waals surface area contributed by atoms with Crippen molar-refractivity contribution in [2.24, 2.45) is 23.0 Å². The highest BCUT2D eigenvalue weighted by molar-refractivity contribution is 5.84. The van der Waals surface area contributed by atoms with Crippen molar-refractivity contribution in [3.63, 3.8) is 0 Å². The molecule has 1 saturated heterocycles. The van der Waals surface area contributed by atoms with Crippen molar-refractivity contribution in [3.05, 3.63) is 48.2 Å². The van der Waals surface area contributed by atoms with Crippen molar-refractivity contribution < 1.29 is 28.6 Å². The minimum absolute atomic E-state index is 0.0135. The van der Waals surface area contributed by atoms with Crippen molar-refractivity contribution >= 4 is 17.8 Å². The predicted octanol–water partition coefficient (Wildman–Crippen LogP) is 2.84. The molecule has 2 atom stereocenters. The third kappa shape index (κ3) is 4.29. The molecular formula is C26H29FN6O5. The summed E-state index contributed by atoms with van der Waals surface area (Å²) in [6, 6.07) is 7.35. The molecule has 6 N–H and O–H groups in total. The molecule has 3 heterocycles. The summed E-state index contributed by atoms with van der Waals surface area (Å²) in [6.45, 7) is 2.40. The van der Waals surface area contributed by atoms with Crippen molar-refractivity contribution in [2.45, 2.75) is 38.4 Å². The summed E-state index contributed by atoms with van der Waals surface area (Å²) >= 11 is 0. The van der Waals surface area contributed by atoms with Gasteiger partial charge in [-0.15, -0.1) is 0 Å². The highest BCUT2D eigenvalue weighted by atomic mass is 19.1. The van der Waals surface area contributed by atoms with E-state index in [2.05, 4.69) is 15.0 Å². The Bertz CT molecular complexity index is 1350. The van der Waals surface area contributed by atoms with Crippen LogP contribution in [0.4, 0.5) is 10.3 Å². The highest BCUT2D eigenvalue weighted by Gasteiger charge is 2.64. The number of H-pyrrole nitrogens is 1. The average molecular weight is 525 g/mol. The number of hydrogen-bond acceptors (Lipinski definition) is 8. The molecule has 12 heteroatoms. The zero-order valence-corrected chi connectivity index (χ0v) is 20.8. The molecule has 2 fully saturated rings. The summed E-state index contributed by atoms with van der Waals surface area (Å²) in [7, 11) is 0. The number of hydrogen-bond donors (Lipinski definition) is 4. The number of amides is 1. The first-order valence-corrected chi connectivity index (χ1v) is 12.4. The van der Waals surface area contributed by atoms with Gasteiger partial charge in [0.2, 0.25) is 17.6 Å². The van der Waals surface area contributed by atoms with Gasteiger partial charge in [0, 0.05) is 17.7 Å². The number of nitrogens with two attached hydrogens (primary N) is 2. The van der Waals surface area contributed by atoms with E-state index in [0.717, 1.165) is 0 Å². The fourth-order valence-corrected chi connectivity index (χ4v) is 5.46. The molecule has 1 aromatic carbocycles. The van der Waals surface area contributed by atoms with Gasteiger partial charge < -0.3 is 31.0 Å². The molecule has 38 heavy (non-hydrogen) atoms. The van der Waals surface area contributed by atoms with E-state index < -0.39 is 34.8 Å². The lowest BCUT2D eigenvalue weighted by Gasteiger charge is -2.51. The van der Waals surface area contributed by atoms with Crippen molar-refractivity contribution in [1.82, 2.24) is 19.9 Å². The Balaban J connectivity index is 1.74. The zero-order valence-electron chi connectivity index (χ0n) is 20.8. The Morgan fingerprint density at radius 2 is 1.87 bits per heavy atom. The van der Waals surface area contributed by atoms with Gasteiger partial charge in [0.15, 0.2) is 5.82 Å². The van der Waals surface area contributed by atoms with Crippen LogP contribution in [0.3, 0.4) is 0 Å². The van der Waals surface area contributed by atoms with E-state index in [9.17, 15) is 19.1 Å². The van der Waals surface area contributed by atoms with Gasteiger partial charge >= 0.3 is 5.97 Å². The lowest BCUT2D eigenvalue weighted by molar-refractivity contribution is -0.347. The van der Waals surface area contributed by atoms with Crippen LogP contribution in [0.1, 0.15) is 38.4 Å². The van der Waals surface area contributed by atoms with E-state index in [0.29, 0.717) is 35.5 Å². The van der Waals surface area contributed by atoms with Gasteiger partial charge in [-0.25, -0.2) is 19.3 Å². The standard InChI is InChI=1S/C26H29FN6O5/c1-14-12-37-26(38-13-14,25(22(28)36)9-2-3-16(11-25)21(34)35)23-32-19(15-4-6-17(27)7-5-15)20(33-23)18-8-10-30-24(29)31-18/h4-8,10,14,16H,2-3,9,11-13H2,1H3,(H2,28,36)(H,32,33)(H,34,35)(H2,29,30,31). The average Bonchev–Trinajstić information content (AvgIpc) is 3.35. The molecule has 0 bridgehead atoms. The van der Waals surface area contributed by atoms with Crippen LogP contribution in [0.25, 0.3) is 22.6 Å². The fraction of sp³-hybridized carbons (Fsp3) is 0.423. The summed E-state index contributed by atoms with van der Waals surface area (Å²) in [5.41, 5.74) is 12.1. The second-order valence-electron chi connectivity index (χ2n) is 10.0. The predicted molar refractivity (Wildman–Crippen MR) is 133 cm³/mol. The summed E-state index contributed by atoms with van der Waals surface area (Å²) in [6.07, 6.45) is 2.50. The maximum Gasteiger partial charge on any atom is 0.306 e. The van der Waals surface area contributed by atoms with Crippen LogP contribution in [-0.4, -0.2) is 50.1 Å². The second kappa shape index (κ2) is 9.76. The number of carboxylic acid groups (broad SMARTS) is 1. The zero-order chi connectivity index (χ0) is 27.1. The summed E-state index contributed by atoms with van der Waals surface area (Å²) in [5, 5.41) is 9.83. The minimum Gasteiger partial charge on any atom is -0.481 e. The summed E-state index contributed by atoms with van der Waals surface area (Å²) in [4.78, 5) is 41.6. The number of aromatic amines is 1. The van der Waals surface area contributed by atoms with Crippen LogP contribution in [0.2, 0.25) is 0 Å². The number of nitrogens with zero attached hydrogens (tertiary/aromatic N) is 3. The van der Waals surface area contributed by atoms with E-state index in [1.54, 1.807) is 18.2 Å². The third-order valence-corrected chi connectivity index (χ3v) is 7.41. The molecule has 2 aliphatic rings. The van der Waals surface area contributed by atoms with Gasteiger partial charge in [-0.3, -0.25) is 9.59 Å². The first-order chi connectivity index (χ1) is 18.1. The maximum atomic E-state index is 13.8. The van der Waals surface area contributed by atoms with Gasteiger partial charge in [-0.1, -0.05) is 13.3 Å². The number of aliphatic carboxylic acids is 1. The van der Waals surface area contributed by atoms with Crippen molar-refractivity contribution in [3.8, 4) is 22.6 Å². The molecule has 1 aliphatic carbocycles. The quantitative estimate of drug-likeness (QED) is 0.377. The first kappa shape index (κ1) is 25.7. The van der Waals surface area contributed by atoms with E-state index in [-0.39, 0.29) is 43.7 Å². The van der Waals surface area contributed by atoms with Gasteiger partial charge in [-0.05, 0) is 49.6 Å². The molecule has 11 nitrogen and oxygen atoms in total. The number of anilines is 1. The molecular weight excluding hydrogens is 495 g/mol. The van der Waals surface area contributed by atoms with Crippen LogP contribution in [0.15, 0.2) is 36.5 Å². The number of aromatic nitrogens is 4. The van der Waals surface area contributed by atoms with Crippen molar-refractivity contribution in [2.75, 3.05) is 18.9 Å². The van der Waals surface area contributed by atoms with E-state index in [1.807, 2.05) is 6.92 Å². The summed E-state index contributed by atoms with van der Waals surface area (Å²) < 4.78 is 26.5. The van der Waals surface area contributed by atoms with Gasteiger partial charge in [0.25, 0.3) is 0 Å². The Labute approximate surface area is 217 Å². The molecule has 2 unspecified atom stereocenters. The van der Waals surface area contributed by atoms with Crippen LogP contribution >= 0.6 is 0 Å². The van der Waals surface area contributed by atoms with Crippen LogP contribution < -0.4 is 11.5 Å². The van der Waals surface area contributed by atoms with Crippen LogP contribution in [0.5, 0.6) is 0 Å².